The second-order valence-electron chi connectivity index (χ2n) is 6.79. The maximum atomic E-state index is 12.4. The molecular formula is C19H26N5O2S+. The molecule has 27 heavy (non-hydrogen) atoms. The Labute approximate surface area is 163 Å². The van der Waals surface area contributed by atoms with E-state index in [1.807, 2.05) is 17.9 Å². The van der Waals surface area contributed by atoms with Crippen molar-refractivity contribution in [2.24, 2.45) is 0 Å². The van der Waals surface area contributed by atoms with Crippen molar-refractivity contribution in [1.82, 2.24) is 15.1 Å². The van der Waals surface area contributed by atoms with Gasteiger partial charge < -0.3 is 15.1 Å². The summed E-state index contributed by atoms with van der Waals surface area (Å²) in [6, 6.07) is 10.5. The average Bonchev–Trinajstić information content (AvgIpc) is 3.10. The van der Waals surface area contributed by atoms with Gasteiger partial charge in [0.1, 0.15) is 5.01 Å². The molecule has 0 radical (unpaired) electrons. The number of benzene rings is 1. The lowest BCUT2D eigenvalue weighted by atomic mass is 10.1. The van der Waals surface area contributed by atoms with Gasteiger partial charge in [0, 0.05) is 19.3 Å². The number of nitrogens with zero attached hydrogens (tertiary/aromatic N) is 3. The number of aryl methyl sites for hydroxylation is 1. The molecule has 0 aliphatic carbocycles. The van der Waals surface area contributed by atoms with Crippen LogP contribution in [0.3, 0.4) is 0 Å². The van der Waals surface area contributed by atoms with E-state index in [4.69, 9.17) is 0 Å². The number of quaternary nitrogens is 1. The molecule has 0 atom stereocenters. The van der Waals surface area contributed by atoms with E-state index in [0.717, 1.165) is 44.2 Å². The normalized spacial score (nSPS) is 14.9. The van der Waals surface area contributed by atoms with E-state index >= 15 is 0 Å². The highest BCUT2D eigenvalue weighted by Crippen LogP contribution is 2.14. The Kier molecular flexibility index (Phi) is 6.89. The van der Waals surface area contributed by atoms with Gasteiger partial charge in [-0.15, -0.1) is 10.2 Å². The SMILES string of the molecule is Cc1nnc(NC(=O)CCC(=O)N2CC[NH+](CCc3ccccc3)CC2)s1. The van der Waals surface area contributed by atoms with Crippen molar-refractivity contribution in [1.29, 1.82) is 0 Å². The minimum absolute atomic E-state index is 0.0562. The fourth-order valence-corrected chi connectivity index (χ4v) is 3.80. The van der Waals surface area contributed by atoms with Gasteiger partial charge >= 0.3 is 0 Å². The van der Waals surface area contributed by atoms with E-state index in [-0.39, 0.29) is 24.7 Å². The van der Waals surface area contributed by atoms with E-state index in [1.54, 1.807) is 0 Å². The van der Waals surface area contributed by atoms with E-state index in [0.29, 0.717) is 5.13 Å². The van der Waals surface area contributed by atoms with E-state index in [1.165, 1.54) is 21.8 Å². The highest BCUT2D eigenvalue weighted by Gasteiger charge is 2.23. The average molecular weight is 389 g/mol. The topological polar surface area (TPSA) is 79.6 Å². The predicted octanol–water partition coefficient (Wildman–Crippen LogP) is 0.535. The highest BCUT2D eigenvalue weighted by atomic mass is 32.1. The number of rotatable bonds is 7. The number of nitrogens with one attached hydrogen (secondary N) is 2. The minimum atomic E-state index is -0.188. The zero-order chi connectivity index (χ0) is 19.1. The quantitative estimate of drug-likeness (QED) is 0.725. The monoisotopic (exact) mass is 388 g/mol. The molecule has 2 amide bonds. The molecule has 144 valence electrons. The lowest BCUT2D eigenvalue weighted by Crippen LogP contribution is -3.15. The number of piperazine rings is 1. The molecule has 2 heterocycles. The smallest absolute Gasteiger partial charge is 0.226 e. The number of hydrogen-bond donors (Lipinski definition) is 2. The zero-order valence-electron chi connectivity index (χ0n) is 15.6. The lowest BCUT2D eigenvalue weighted by molar-refractivity contribution is -0.903. The standard InChI is InChI=1S/C19H25N5O2S/c1-15-21-22-19(27-15)20-17(25)7-8-18(26)24-13-11-23(12-14-24)10-9-16-5-3-2-4-6-16/h2-6H,7-14H2,1H3,(H,20,22,25)/p+1. The van der Waals surface area contributed by atoms with Crippen LogP contribution in [0.1, 0.15) is 23.4 Å². The van der Waals surface area contributed by atoms with Gasteiger partial charge in [-0.1, -0.05) is 41.7 Å². The molecule has 1 fully saturated rings. The fraction of sp³-hybridized carbons (Fsp3) is 0.474. The maximum absolute atomic E-state index is 12.4. The summed E-state index contributed by atoms with van der Waals surface area (Å²) in [5, 5.41) is 11.7. The third kappa shape index (κ3) is 6.11. The van der Waals surface area contributed by atoms with E-state index in [9.17, 15) is 9.59 Å². The van der Waals surface area contributed by atoms with Gasteiger partial charge in [-0.25, -0.2) is 0 Å². The Morgan fingerprint density at radius 3 is 2.56 bits per heavy atom. The van der Waals surface area contributed by atoms with Gasteiger partial charge in [-0.05, 0) is 12.5 Å². The molecule has 8 heteroatoms. The van der Waals surface area contributed by atoms with Crippen LogP contribution in [-0.4, -0.2) is 59.6 Å². The van der Waals surface area contributed by atoms with Crippen LogP contribution in [0, 0.1) is 6.92 Å². The van der Waals surface area contributed by atoms with Crippen molar-refractivity contribution in [3.63, 3.8) is 0 Å². The number of carbonyl (C=O) groups is 2. The number of aromatic nitrogens is 2. The Hall–Kier alpha value is -2.32. The summed E-state index contributed by atoms with van der Waals surface area (Å²) in [6.45, 7) is 6.39. The van der Waals surface area contributed by atoms with Crippen LogP contribution in [0.4, 0.5) is 5.13 Å². The molecule has 7 nitrogen and oxygen atoms in total. The zero-order valence-corrected chi connectivity index (χ0v) is 16.4. The molecule has 0 spiro atoms. The van der Waals surface area contributed by atoms with Crippen LogP contribution in [0.2, 0.25) is 0 Å². The molecule has 0 saturated carbocycles. The number of anilines is 1. The van der Waals surface area contributed by atoms with Gasteiger partial charge in [0.2, 0.25) is 16.9 Å². The molecule has 0 bridgehead atoms. The Morgan fingerprint density at radius 2 is 1.89 bits per heavy atom. The largest absolute Gasteiger partial charge is 0.332 e. The molecule has 1 aliphatic heterocycles. The first kappa shape index (κ1) is 19.4. The molecular weight excluding hydrogens is 362 g/mol. The third-order valence-electron chi connectivity index (χ3n) is 4.77. The van der Waals surface area contributed by atoms with Gasteiger partial charge in [0.15, 0.2) is 0 Å². The van der Waals surface area contributed by atoms with Crippen molar-refractivity contribution >= 4 is 28.3 Å². The second-order valence-corrected chi connectivity index (χ2v) is 7.97. The summed E-state index contributed by atoms with van der Waals surface area (Å²) in [4.78, 5) is 27.7. The summed E-state index contributed by atoms with van der Waals surface area (Å²) in [7, 11) is 0. The first-order valence-electron chi connectivity index (χ1n) is 9.35. The predicted molar refractivity (Wildman–Crippen MR) is 105 cm³/mol. The van der Waals surface area contributed by atoms with Crippen molar-refractivity contribution in [3.05, 3.63) is 40.9 Å². The molecule has 1 aliphatic rings. The Balaban J connectivity index is 1.34. The Bertz CT molecular complexity index is 756. The van der Waals surface area contributed by atoms with Crippen LogP contribution < -0.4 is 10.2 Å². The van der Waals surface area contributed by atoms with Crippen LogP contribution >= 0.6 is 11.3 Å². The molecule has 3 rings (SSSR count). The molecule has 0 unspecified atom stereocenters. The number of amides is 2. The van der Waals surface area contributed by atoms with Gasteiger partial charge in [-0.2, -0.15) is 0 Å². The van der Waals surface area contributed by atoms with Crippen molar-refractivity contribution in [2.75, 3.05) is 38.0 Å². The molecule has 1 aromatic carbocycles. The number of carbonyl (C=O) groups excluding carboxylic acids is 2. The molecule has 2 N–H and O–H groups in total. The van der Waals surface area contributed by atoms with Crippen LogP contribution in [0.5, 0.6) is 0 Å². The summed E-state index contributed by atoms with van der Waals surface area (Å²) in [6.07, 6.45) is 1.48. The summed E-state index contributed by atoms with van der Waals surface area (Å²) in [5.41, 5.74) is 1.36. The molecule has 1 aromatic heterocycles. The van der Waals surface area contributed by atoms with Crippen molar-refractivity contribution < 1.29 is 14.5 Å². The summed E-state index contributed by atoms with van der Waals surface area (Å²) in [5.74, 6) is -0.132. The van der Waals surface area contributed by atoms with Crippen LogP contribution in [-0.2, 0) is 16.0 Å². The van der Waals surface area contributed by atoms with Crippen LogP contribution in [0.15, 0.2) is 30.3 Å². The van der Waals surface area contributed by atoms with Gasteiger partial charge in [-0.3, -0.25) is 9.59 Å². The first-order valence-corrected chi connectivity index (χ1v) is 10.2. The van der Waals surface area contributed by atoms with E-state index < -0.39 is 0 Å². The maximum Gasteiger partial charge on any atom is 0.226 e. The second kappa shape index (κ2) is 9.57. The highest BCUT2D eigenvalue weighted by molar-refractivity contribution is 7.15. The Morgan fingerprint density at radius 1 is 1.15 bits per heavy atom. The van der Waals surface area contributed by atoms with E-state index in [2.05, 4.69) is 39.8 Å². The summed E-state index contributed by atoms with van der Waals surface area (Å²) < 4.78 is 0. The van der Waals surface area contributed by atoms with Crippen LogP contribution in [0.25, 0.3) is 0 Å². The fourth-order valence-electron chi connectivity index (χ4n) is 3.20. The van der Waals surface area contributed by atoms with Gasteiger partial charge in [0.05, 0.1) is 32.7 Å². The molecule has 2 aromatic rings. The molecule has 1 saturated heterocycles. The van der Waals surface area contributed by atoms with Gasteiger partial charge in [0.25, 0.3) is 0 Å². The van der Waals surface area contributed by atoms with Crippen molar-refractivity contribution in [3.8, 4) is 0 Å². The third-order valence-corrected chi connectivity index (χ3v) is 5.53. The summed E-state index contributed by atoms with van der Waals surface area (Å²) >= 11 is 1.33. The first-order chi connectivity index (χ1) is 13.1. The number of hydrogen-bond acceptors (Lipinski definition) is 5. The van der Waals surface area contributed by atoms with Crippen molar-refractivity contribution in [2.45, 2.75) is 26.2 Å². The lowest BCUT2D eigenvalue weighted by Gasteiger charge is -2.32. The minimum Gasteiger partial charge on any atom is -0.332 e.